The smallest absolute Gasteiger partial charge is 0.223 e. The molecule has 0 aromatic heterocycles. The summed E-state index contributed by atoms with van der Waals surface area (Å²) in [7, 11) is 0. The molecule has 0 bridgehead atoms. The molecule has 0 aromatic carbocycles. The molecule has 2 N–H and O–H groups in total. The zero-order chi connectivity index (χ0) is 28.4. The Bertz CT molecular complexity index is 902. The predicted molar refractivity (Wildman–Crippen MR) is 165 cm³/mol. The maximum Gasteiger partial charge on any atom is 0.223 e. The largest absolute Gasteiger partial charge is 0.370 e. The Morgan fingerprint density at radius 2 is 1.79 bits per heavy atom. The summed E-state index contributed by atoms with van der Waals surface area (Å²) in [5, 5.41) is 0.890. The number of allylic oxidation sites excluding steroid dienone is 1. The van der Waals surface area contributed by atoms with Crippen LogP contribution in [0.25, 0.3) is 0 Å². The monoisotopic (exact) mass is 604 g/mol. The minimum Gasteiger partial charge on any atom is -0.370 e. The van der Waals surface area contributed by atoms with Crippen molar-refractivity contribution in [2.75, 3.05) is 11.9 Å². The van der Waals surface area contributed by atoms with Gasteiger partial charge in [-0.05, 0) is 104 Å². The SMILES string of the molecule is CC(C)CCC[C@@H](C)[C@H]1CCC2C3CC=C4CC(N(CCCBr)C(=O)CCC(N)=O)CC[C@]4(C)C3CC[C@@]21C. The Morgan fingerprint density at radius 3 is 2.49 bits per heavy atom. The van der Waals surface area contributed by atoms with Crippen molar-refractivity contribution in [2.45, 2.75) is 131 Å². The number of amides is 2. The lowest BCUT2D eigenvalue weighted by molar-refractivity contribution is -0.136. The molecule has 0 saturated heterocycles. The Labute approximate surface area is 247 Å². The van der Waals surface area contributed by atoms with Crippen LogP contribution in [0.15, 0.2) is 11.6 Å². The zero-order valence-electron chi connectivity index (χ0n) is 25.7. The van der Waals surface area contributed by atoms with Gasteiger partial charge >= 0.3 is 0 Å². The molecule has 4 unspecified atom stereocenters. The van der Waals surface area contributed by atoms with E-state index in [1.165, 1.54) is 57.8 Å². The van der Waals surface area contributed by atoms with Gasteiger partial charge in [0.05, 0.1) is 0 Å². The normalized spacial score (nSPS) is 36.5. The molecule has 4 rings (SSSR count). The van der Waals surface area contributed by atoms with E-state index in [-0.39, 0.29) is 30.7 Å². The van der Waals surface area contributed by atoms with Crippen molar-refractivity contribution in [3.8, 4) is 0 Å². The first-order chi connectivity index (χ1) is 18.5. The van der Waals surface area contributed by atoms with Gasteiger partial charge in [-0.25, -0.2) is 0 Å². The van der Waals surface area contributed by atoms with Crippen LogP contribution in [0.2, 0.25) is 0 Å². The zero-order valence-corrected chi connectivity index (χ0v) is 27.2. The van der Waals surface area contributed by atoms with Crippen LogP contribution in [0, 0.1) is 46.3 Å². The van der Waals surface area contributed by atoms with Crippen molar-refractivity contribution in [3.05, 3.63) is 11.6 Å². The Hall–Kier alpha value is -0.840. The van der Waals surface area contributed by atoms with E-state index in [0.717, 1.165) is 66.6 Å². The Balaban J connectivity index is 1.45. The number of nitrogens with zero attached hydrogens (tertiary/aromatic N) is 1. The van der Waals surface area contributed by atoms with Gasteiger partial charge in [-0.3, -0.25) is 9.59 Å². The van der Waals surface area contributed by atoms with Gasteiger partial charge in [0.15, 0.2) is 0 Å². The second-order valence-electron chi connectivity index (χ2n) is 14.8. The summed E-state index contributed by atoms with van der Waals surface area (Å²) in [5.41, 5.74) is 7.81. The molecule has 4 nitrogen and oxygen atoms in total. The van der Waals surface area contributed by atoms with Crippen molar-refractivity contribution in [3.63, 3.8) is 0 Å². The first-order valence-electron chi connectivity index (χ1n) is 16.3. The van der Waals surface area contributed by atoms with Crippen LogP contribution in [-0.2, 0) is 9.59 Å². The highest BCUT2D eigenvalue weighted by Gasteiger charge is 2.59. The number of alkyl halides is 1. The molecule has 222 valence electrons. The topological polar surface area (TPSA) is 63.4 Å². The number of carbonyl (C=O) groups is 2. The van der Waals surface area contributed by atoms with Gasteiger partial charge in [-0.2, -0.15) is 0 Å². The highest BCUT2D eigenvalue weighted by molar-refractivity contribution is 9.09. The summed E-state index contributed by atoms with van der Waals surface area (Å²) in [5.74, 6) is 4.81. The van der Waals surface area contributed by atoms with Gasteiger partial charge < -0.3 is 10.6 Å². The quantitative estimate of drug-likeness (QED) is 0.180. The van der Waals surface area contributed by atoms with Gasteiger partial charge in [0.2, 0.25) is 11.8 Å². The second-order valence-corrected chi connectivity index (χ2v) is 15.6. The van der Waals surface area contributed by atoms with Gasteiger partial charge in [0.1, 0.15) is 0 Å². The third-order valence-corrected chi connectivity index (χ3v) is 12.7. The molecule has 8 atom stereocenters. The van der Waals surface area contributed by atoms with Crippen LogP contribution in [0.3, 0.4) is 0 Å². The maximum absolute atomic E-state index is 13.1. The van der Waals surface area contributed by atoms with Crippen LogP contribution < -0.4 is 5.73 Å². The molecule has 3 fully saturated rings. The van der Waals surface area contributed by atoms with Crippen molar-refractivity contribution in [1.29, 1.82) is 0 Å². The summed E-state index contributed by atoms with van der Waals surface area (Å²) in [6, 6.07) is 0.261. The van der Waals surface area contributed by atoms with Crippen molar-refractivity contribution >= 4 is 27.7 Å². The van der Waals surface area contributed by atoms with Crippen LogP contribution in [-0.4, -0.2) is 34.6 Å². The molecule has 2 amide bonds. The van der Waals surface area contributed by atoms with Crippen molar-refractivity contribution in [1.82, 2.24) is 4.90 Å². The second kappa shape index (κ2) is 13.0. The van der Waals surface area contributed by atoms with Gasteiger partial charge in [-0.1, -0.05) is 81.5 Å². The van der Waals surface area contributed by atoms with E-state index in [4.69, 9.17) is 5.73 Å². The number of halogens is 1. The molecular formula is C34H57BrN2O2. The predicted octanol–water partition coefficient (Wildman–Crippen LogP) is 8.28. The molecule has 5 heteroatoms. The molecule has 0 heterocycles. The summed E-state index contributed by atoms with van der Waals surface area (Å²) in [6.07, 6.45) is 18.4. The van der Waals surface area contributed by atoms with Gasteiger partial charge in [0, 0.05) is 30.8 Å². The molecule has 0 aliphatic heterocycles. The number of fused-ring (bicyclic) bond motifs is 5. The van der Waals surface area contributed by atoms with Gasteiger partial charge in [-0.15, -0.1) is 0 Å². The number of hydrogen-bond acceptors (Lipinski definition) is 2. The van der Waals surface area contributed by atoms with Crippen LogP contribution in [0.4, 0.5) is 0 Å². The molecule has 0 spiro atoms. The fraction of sp³-hybridized carbons (Fsp3) is 0.882. The number of carbonyl (C=O) groups excluding carboxylic acids is 2. The molecule has 4 aliphatic rings. The Kier molecular flexibility index (Phi) is 10.4. The minimum atomic E-state index is -0.385. The van der Waals surface area contributed by atoms with E-state index in [2.05, 4.69) is 61.5 Å². The number of nitrogens with two attached hydrogens (primary N) is 1. The molecule has 3 saturated carbocycles. The van der Waals surface area contributed by atoms with Crippen molar-refractivity contribution < 1.29 is 9.59 Å². The highest BCUT2D eigenvalue weighted by atomic mass is 79.9. The average molecular weight is 606 g/mol. The summed E-state index contributed by atoms with van der Waals surface area (Å²) >= 11 is 3.55. The molecule has 4 aliphatic carbocycles. The highest BCUT2D eigenvalue weighted by Crippen LogP contribution is 2.67. The molecular weight excluding hydrogens is 548 g/mol. The van der Waals surface area contributed by atoms with Crippen LogP contribution >= 0.6 is 15.9 Å². The fourth-order valence-corrected chi connectivity index (χ4v) is 10.3. The third kappa shape index (κ3) is 6.49. The van der Waals surface area contributed by atoms with E-state index in [9.17, 15) is 9.59 Å². The van der Waals surface area contributed by atoms with E-state index in [0.29, 0.717) is 10.8 Å². The van der Waals surface area contributed by atoms with E-state index < -0.39 is 0 Å². The maximum atomic E-state index is 13.1. The standard InChI is InChI=1S/C34H57BrN2O2/c1-23(2)8-6-9-24(3)28-12-13-29-27-11-10-25-22-26(37(21-7-20-35)32(39)15-14-31(36)38)16-18-33(25,4)30(27)17-19-34(28,29)5/h10,23-24,26-30H,6-9,11-22H2,1-5H3,(H2,36,38)/t24-,26?,27?,28-,29?,30?,33+,34-/m1/s1. The van der Waals surface area contributed by atoms with Crippen LogP contribution in [0.1, 0.15) is 125 Å². The van der Waals surface area contributed by atoms with Crippen LogP contribution in [0.5, 0.6) is 0 Å². The number of hydrogen-bond donors (Lipinski definition) is 1. The number of primary amides is 1. The van der Waals surface area contributed by atoms with Gasteiger partial charge in [0.25, 0.3) is 0 Å². The molecule has 0 aromatic rings. The van der Waals surface area contributed by atoms with Crippen molar-refractivity contribution in [2.24, 2.45) is 52.1 Å². The number of rotatable bonds is 12. The van der Waals surface area contributed by atoms with E-state index in [1.807, 2.05) is 0 Å². The first kappa shape index (κ1) is 31.1. The minimum absolute atomic E-state index is 0.102. The summed E-state index contributed by atoms with van der Waals surface area (Å²) < 4.78 is 0. The Morgan fingerprint density at radius 1 is 1.03 bits per heavy atom. The third-order valence-electron chi connectivity index (χ3n) is 12.2. The average Bonchev–Trinajstić information content (AvgIpc) is 3.24. The lowest BCUT2D eigenvalue weighted by Crippen LogP contribution is -2.53. The lowest BCUT2D eigenvalue weighted by Gasteiger charge is -2.59. The van der Waals surface area contributed by atoms with E-state index in [1.54, 1.807) is 5.57 Å². The summed E-state index contributed by atoms with van der Waals surface area (Å²) in [6.45, 7) is 13.3. The molecule has 0 radical (unpaired) electrons. The first-order valence-corrected chi connectivity index (χ1v) is 17.5. The lowest BCUT2D eigenvalue weighted by atomic mass is 9.46. The fourth-order valence-electron chi connectivity index (χ4n) is 10.0. The molecule has 39 heavy (non-hydrogen) atoms. The van der Waals surface area contributed by atoms with E-state index >= 15 is 0 Å². The summed E-state index contributed by atoms with van der Waals surface area (Å²) in [4.78, 5) is 26.6.